The average Bonchev–Trinajstić information content (AvgIpc) is 2.53. The number of ether oxygens (including phenoxy) is 1. The monoisotopic (exact) mass is 303 g/mol. The van der Waals surface area contributed by atoms with Crippen LogP contribution in [-0.2, 0) is 11.2 Å². The van der Waals surface area contributed by atoms with Crippen molar-refractivity contribution in [3.8, 4) is 5.75 Å². The number of nitrogens with one attached hydrogen (secondary N) is 1. The summed E-state index contributed by atoms with van der Waals surface area (Å²) in [5, 5.41) is 12.5. The van der Waals surface area contributed by atoms with Crippen LogP contribution in [0.5, 0.6) is 5.75 Å². The largest absolute Gasteiger partial charge is 0.484 e. The summed E-state index contributed by atoms with van der Waals surface area (Å²) in [4.78, 5) is 11.6. The van der Waals surface area contributed by atoms with Crippen molar-refractivity contribution < 1.29 is 19.0 Å². The van der Waals surface area contributed by atoms with E-state index in [0.29, 0.717) is 12.2 Å². The Hall–Kier alpha value is -2.40. The zero-order chi connectivity index (χ0) is 15.8. The van der Waals surface area contributed by atoms with E-state index in [2.05, 4.69) is 5.32 Å². The van der Waals surface area contributed by atoms with Gasteiger partial charge in [-0.15, -0.1) is 0 Å². The van der Waals surface area contributed by atoms with E-state index < -0.39 is 6.10 Å². The van der Waals surface area contributed by atoms with Gasteiger partial charge in [0.2, 0.25) is 0 Å². The SMILES string of the molecule is O=C(COc1ccc(F)cc1)NCC(O)Cc1ccccc1. The van der Waals surface area contributed by atoms with Crippen molar-refractivity contribution in [1.82, 2.24) is 5.32 Å². The first-order valence-corrected chi connectivity index (χ1v) is 7.00. The Morgan fingerprint density at radius 1 is 1.14 bits per heavy atom. The van der Waals surface area contributed by atoms with Gasteiger partial charge in [-0.3, -0.25) is 4.79 Å². The minimum absolute atomic E-state index is 0.153. The second-order valence-electron chi connectivity index (χ2n) is 4.89. The fraction of sp³-hybridized carbons (Fsp3) is 0.235. The maximum absolute atomic E-state index is 12.7. The highest BCUT2D eigenvalue weighted by atomic mass is 19.1. The number of carbonyl (C=O) groups excluding carboxylic acids is 1. The molecule has 1 amide bonds. The minimum Gasteiger partial charge on any atom is -0.484 e. The van der Waals surface area contributed by atoms with Crippen molar-refractivity contribution in [3.63, 3.8) is 0 Å². The van der Waals surface area contributed by atoms with Crippen LogP contribution >= 0.6 is 0 Å². The maximum Gasteiger partial charge on any atom is 0.258 e. The maximum atomic E-state index is 12.7. The second kappa shape index (κ2) is 8.14. The molecule has 0 aliphatic rings. The summed E-state index contributed by atoms with van der Waals surface area (Å²) in [5.74, 6) is -0.279. The number of aliphatic hydroxyl groups excluding tert-OH is 1. The molecule has 2 aromatic carbocycles. The van der Waals surface area contributed by atoms with Gasteiger partial charge in [0.1, 0.15) is 11.6 Å². The molecule has 0 radical (unpaired) electrons. The van der Waals surface area contributed by atoms with E-state index in [1.165, 1.54) is 24.3 Å². The van der Waals surface area contributed by atoms with Gasteiger partial charge in [-0.25, -0.2) is 4.39 Å². The van der Waals surface area contributed by atoms with Crippen molar-refractivity contribution in [3.05, 3.63) is 66.0 Å². The van der Waals surface area contributed by atoms with Gasteiger partial charge in [-0.1, -0.05) is 30.3 Å². The van der Waals surface area contributed by atoms with E-state index in [0.717, 1.165) is 5.56 Å². The molecule has 2 aromatic rings. The third kappa shape index (κ3) is 5.54. The number of hydrogen-bond donors (Lipinski definition) is 2. The van der Waals surface area contributed by atoms with Gasteiger partial charge >= 0.3 is 0 Å². The van der Waals surface area contributed by atoms with Crippen LogP contribution in [0.2, 0.25) is 0 Å². The van der Waals surface area contributed by atoms with Crippen molar-refractivity contribution in [1.29, 1.82) is 0 Å². The molecule has 5 heteroatoms. The number of halogens is 1. The van der Waals surface area contributed by atoms with Crippen molar-refractivity contribution >= 4 is 5.91 Å². The van der Waals surface area contributed by atoms with Crippen LogP contribution in [0.4, 0.5) is 4.39 Å². The van der Waals surface area contributed by atoms with E-state index in [1.807, 2.05) is 30.3 Å². The highest BCUT2D eigenvalue weighted by Gasteiger charge is 2.08. The molecule has 1 atom stereocenters. The highest BCUT2D eigenvalue weighted by molar-refractivity contribution is 5.77. The third-order valence-corrected chi connectivity index (χ3v) is 3.03. The average molecular weight is 303 g/mol. The fourth-order valence-electron chi connectivity index (χ4n) is 1.92. The summed E-state index contributed by atoms with van der Waals surface area (Å²) in [6.07, 6.45) is -0.183. The quantitative estimate of drug-likeness (QED) is 0.821. The van der Waals surface area contributed by atoms with E-state index in [-0.39, 0.29) is 24.9 Å². The summed E-state index contributed by atoms with van der Waals surface area (Å²) in [5.41, 5.74) is 1.01. The molecule has 0 saturated carbocycles. The number of rotatable bonds is 7. The topological polar surface area (TPSA) is 58.6 Å². The molecule has 0 aliphatic heterocycles. The molecule has 1 unspecified atom stereocenters. The van der Waals surface area contributed by atoms with E-state index in [9.17, 15) is 14.3 Å². The predicted molar refractivity (Wildman–Crippen MR) is 81.1 cm³/mol. The van der Waals surface area contributed by atoms with E-state index >= 15 is 0 Å². The molecular weight excluding hydrogens is 285 g/mol. The van der Waals surface area contributed by atoms with Crippen molar-refractivity contribution in [2.75, 3.05) is 13.2 Å². The van der Waals surface area contributed by atoms with Crippen LogP contribution in [0, 0.1) is 5.82 Å². The molecule has 22 heavy (non-hydrogen) atoms. The molecule has 2 N–H and O–H groups in total. The molecule has 0 saturated heterocycles. The number of amides is 1. The Morgan fingerprint density at radius 2 is 1.82 bits per heavy atom. The number of benzene rings is 2. The Bertz CT molecular complexity index is 587. The normalized spacial score (nSPS) is 11.7. The minimum atomic E-state index is -0.655. The van der Waals surface area contributed by atoms with Crippen LogP contribution in [0.25, 0.3) is 0 Å². The molecule has 116 valence electrons. The van der Waals surface area contributed by atoms with E-state index in [1.54, 1.807) is 0 Å². The van der Waals surface area contributed by atoms with Gasteiger partial charge in [0.05, 0.1) is 6.10 Å². The van der Waals surface area contributed by atoms with Crippen LogP contribution in [0.15, 0.2) is 54.6 Å². The molecule has 2 rings (SSSR count). The summed E-state index contributed by atoms with van der Waals surface area (Å²) in [6.45, 7) is -0.0236. The molecule has 0 spiro atoms. The molecular formula is C17H18FNO3. The Morgan fingerprint density at radius 3 is 2.50 bits per heavy atom. The molecule has 0 fully saturated rings. The number of aliphatic hydroxyl groups is 1. The second-order valence-corrected chi connectivity index (χ2v) is 4.89. The highest BCUT2D eigenvalue weighted by Crippen LogP contribution is 2.10. The molecule has 0 heterocycles. The lowest BCUT2D eigenvalue weighted by molar-refractivity contribution is -0.123. The fourth-order valence-corrected chi connectivity index (χ4v) is 1.92. The summed E-state index contributed by atoms with van der Waals surface area (Å²) < 4.78 is 17.9. The van der Waals surface area contributed by atoms with Gasteiger partial charge in [0.15, 0.2) is 6.61 Å². The Labute approximate surface area is 128 Å². The van der Waals surface area contributed by atoms with Crippen LogP contribution in [-0.4, -0.2) is 30.3 Å². The summed E-state index contributed by atoms with van der Waals surface area (Å²) in [6, 6.07) is 15.0. The first-order chi connectivity index (χ1) is 10.6. The molecule has 0 aliphatic carbocycles. The molecule has 0 bridgehead atoms. The van der Waals surface area contributed by atoms with Gasteiger partial charge < -0.3 is 15.2 Å². The zero-order valence-corrected chi connectivity index (χ0v) is 12.0. The number of carbonyl (C=O) groups is 1. The standard InChI is InChI=1S/C17H18FNO3/c18-14-6-8-16(9-7-14)22-12-17(21)19-11-15(20)10-13-4-2-1-3-5-13/h1-9,15,20H,10-12H2,(H,19,21). The zero-order valence-electron chi connectivity index (χ0n) is 12.0. The number of hydrogen-bond acceptors (Lipinski definition) is 3. The first-order valence-electron chi connectivity index (χ1n) is 7.00. The van der Waals surface area contributed by atoms with Gasteiger partial charge in [0.25, 0.3) is 5.91 Å². The lowest BCUT2D eigenvalue weighted by atomic mass is 10.1. The van der Waals surface area contributed by atoms with Gasteiger partial charge in [0, 0.05) is 13.0 Å². The lowest BCUT2D eigenvalue weighted by Gasteiger charge is -2.12. The van der Waals surface area contributed by atoms with Gasteiger partial charge in [-0.2, -0.15) is 0 Å². The first kappa shape index (κ1) is 16.0. The smallest absolute Gasteiger partial charge is 0.258 e. The van der Waals surface area contributed by atoms with Crippen molar-refractivity contribution in [2.24, 2.45) is 0 Å². The van der Waals surface area contributed by atoms with E-state index in [4.69, 9.17) is 4.74 Å². The summed E-state index contributed by atoms with van der Waals surface area (Å²) in [7, 11) is 0. The van der Waals surface area contributed by atoms with Crippen LogP contribution < -0.4 is 10.1 Å². The van der Waals surface area contributed by atoms with Crippen molar-refractivity contribution in [2.45, 2.75) is 12.5 Å². The Balaban J connectivity index is 1.67. The van der Waals surface area contributed by atoms with Crippen LogP contribution in [0.1, 0.15) is 5.56 Å². The molecule has 4 nitrogen and oxygen atoms in total. The Kier molecular flexibility index (Phi) is 5.91. The lowest BCUT2D eigenvalue weighted by Crippen LogP contribution is -2.36. The van der Waals surface area contributed by atoms with Crippen LogP contribution in [0.3, 0.4) is 0 Å². The molecule has 0 aromatic heterocycles. The predicted octanol–water partition coefficient (Wildman–Crippen LogP) is 1.92. The van der Waals surface area contributed by atoms with Gasteiger partial charge in [-0.05, 0) is 29.8 Å². The third-order valence-electron chi connectivity index (χ3n) is 3.03. The summed E-state index contributed by atoms with van der Waals surface area (Å²) >= 11 is 0.